The highest BCUT2D eigenvalue weighted by Gasteiger charge is 2.23. The number of pyridine rings is 1. The van der Waals surface area contributed by atoms with Gasteiger partial charge in [-0.25, -0.2) is 4.98 Å². The number of piperazine rings is 1. The third-order valence-electron chi connectivity index (χ3n) is 7.34. The van der Waals surface area contributed by atoms with Gasteiger partial charge in [0.1, 0.15) is 5.75 Å². The quantitative estimate of drug-likeness (QED) is 0.267. The first-order valence-electron chi connectivity index (χ1n) is 13.5. The number of ether oxygens (including phenoxy) is 4. The van der Waals surface area contributed by atoms with Crippen LogP contribution >= 0.6 is 0 Å². The Balaban J connectivity index is 1.41. The molecule has 0 amide bonds. The van der Waals surface area contributed by atoms with Crippen LogP contribution in [0.25, 0.3) is 10.8 Å². The van der Waals surface area contributed by atoms with E-state index in [0.717, 1.165) is 78.0 Å². The molecular weight excluding hydrogens is 490 g/mol. The van der Waals surface area contributed by atoms with E-state index < -0.39 is 0 Å². The van der Waals surface area contributed by atoms with Crippen molar-refractivity contribution in [2.24, 2.45) is 0 Å². The number of aromatic nitrogens is 1. The van der Waals surface area contributed by atoms with Crippen molar-refractivity contribution in [2.75, 3.05) is 59.0 Å². The standard InChI is InChI=1S/C32H37N3O4/c1-5-39-32-26(22-34-16-18-35(19-17-34)28-12-8-9-13-29(28)36-2)24-10-6-7-11-25(24)27(33-32)20-23-14-15-30(37-3)31(21-23)38-4/h6-15,21H,5,16-20,22H2,1-4H3. The highest BCUT2D eigenvalue weighted by molar-refractivity contribution is 5.89. The summed E-state index contributed by atoms with van der Waals surface area (Å²) in [6.45, 7) is 7.15. The fourth-order valence-electron chi connectivity index (χ4n) is 5.35. The van der Waals surface area contributed by atoms with Gasteiger partial charge in [0, 0.05) is 50.1 Å². The van der Waals surface area contributed by atoms with Gasteiger partial charge in [0.05, 0.1) is 39.3 Å². The number of hydrogen-bond donors (Lipinski definition) is 0. The highest BCUT2D eigenvalue weighted by atomic mass is 16.5. The number of hydrogen-bond acceptors (Lipinski definition) is 7. The molecule has 39 heavy (non-hydrogen) atoms. The molecule has 1 aliphatic rings. The zero-order chi connectivity index (χ0) is 27.2. The summed E-state index contributed by atoms with van der Waals surface area (Å²) in [5.41, 5.74) is 4.40. The first kappa shape index (κ1) is 26.6. The number of nitrogens with zero attached hydrogens (tertiary/aromatic N) is 3. The Hall–Kier alpha value is -3.97. The van der Waals surface area contributed by atoms with Crippen molar-refractivity contribution in [3.63, 3.8) is 0 Å². The molecule has 0 spiro atoms. The van der Waals surface area contributed by atoms with Crippen LogP contribution in [0.1, 0.15) is 23.7 Å². The maximum atomic E-state index is 6.16. The van der Waals surface area contributed by atoms with Gasteiger partial charge in [0.25, 0.3) is 0 Å². The summed E-state index contributed by atoms with van der Waals surface area (Å²) in [6, 6.07) is 22.8. The number of para-hydroxylation sites is 2. The van der Waals surface area contributed by atoms with Gasteiger partial charge < -0.3 is 23.8 Å². The van der Waals surface area contributed by atoms with Gasteiger partial charge in [0.15, 0.2) is 11.5 Å². The van der Waals surface area contributed by atoms with E-state index in [4.69, 9.17) is 23.9 Å². The highest BCUT2D eigenvalue weighted by Crippen LogP contribution is 2.34. The molecule has 0 atom stereocenters. The third kappa shape index (κ3) is 5.73. The van der Waals surface area contributed by atoms with Crippen LogP contribution in [0.4, 0.5) is 5.69 Å². The average Bonchev–Trinajstić information content (AvgIpc) is 2.99. The summed E-state index contributed by atoms with van der Waals surface area (Å²) in [5, 5.41) is 2.34. The molecule has 1 aromatic heterocycles. The molecule has 4 aromatic rings. The first-order valence-corrected chi connectivity index (χ1v) is 13.5. The number of anilines is 1. The fraction of sp³-hybridized carbons (Fsp3) is 0.344. The molecule has 0 radical (unpaired) electrons. The molecule has 0 aliphatic carbocycles. The molecule has 2 heterocycles. The summed E-state index contributed by atoms with van der Waals surface area (Å²) in [6.07, 6.45) is 0.665. The second kappa shape index (κ2) is 12.3. The van der Waals surface area contributed by atoms with Gasteiger partial charge in [-0.05, 0) is 42.1 Å². The summed E-state index contributed by atoms with van der Waals surface area (Å²) < 4.78 is 22.7. The van der Waals surface area contributed by atoms with Crippen LogP contribution in [-0.2, 0) is 13.0 Å². The normalized spacial score (nSPS) is 13.9. The molecule has 0 bridgehead atoms. The second-order valence-electron chi connectivity index (χ2n) is 9.62. The van der Waals surface area contributed by atoms with Crippen LogP contribution in [0.5, 0.6) is 23.1 Å². The minimum absolute atomic E-state index is 0.565. The summed E-state index contributed by atoms with van der Waals surface area (Å²) in [4.78, 5) is 9.98. The van der Waals surface area contributed by atoms with Crippen LogP contribution in [0.15, 0.2) is 66.7 Å². The zero-order valence-electron chi connectivity index (χ0n) is 23.3. The Bertz CT molecular complexity index is 1420. The van der Waals surface area contributed by atoms with Crippen LogP contribution in [0, 0.1) is 0 Å². The van der Waals surface area contributed by atoms with E-state index in [1.807, 2.05) is 31.2 Å². The number of rotatable bonds is 10. The molecule has 7 nitrogen and oxygen atoms in total. The molecule has 1 fully saturated rings. The molecule has 204 valence electrons. The van der Waals surface area contributed by atoms with Gasteiger partial charge in [-0.15, -0.1) is 0 Å². The van der Waals surface area contributed by atoms with E-state index in [9.17, 15) is 0 Å². The lowest BCUT2D eigenvalue weighted by atomic mass is 9.99. The predicted molar refractivity (Wildman–Crippen MR) is 156 cm³/mol. The second-order valence-corrected chi connectivity index (χ2v) is 9.62. The van der Waals surface area contributed by atoms with Gasteiger partial charge >= 0.3 is 0 Å². The lowest BCUT2D eigenvalue weighted by molar-refractivity contribution is 0.242. The Morgan fingerprint density at radius 2 is 1.44 bits per heavy atom. The van der Waals surface area contributed by atoms with Crippen molar-refractivity contribution < 1.29 is 18.9 Å². The van der Waals surface area contributed by atoms with E-state index in [1.165, 1.54) is 5.39 Å². The van der Waals surface area contributed by atoms with E-state index in [2.05, 4.69) is 52.3 Å². The fourth-order valence-corrected chi connectivity index (χ4v) is 5.35. The Morgan fingerprint density at radius 3 is 2.15 bits per heavy atom. The van der Waals surface area contributed by atoms with Crippen LogP contribution < -0.4 is 23.8 Å². The largest absolute Gasteiger partial charge is 0.495 e. The lowest BCUT2D eigenvalue weighted by Crippen LogP contribution is -2.46. The first-order chi connectivity index (χ1) is 19.1. The molecule has 0 saturated carbocycles. The number of methoxy groups -OCH3 is 3. The SMILES string of the molecule is CCOc1nc(Cc2ccc(OC)c(OC)c2)c2ccccc2c1CN1CCN(c2ccccc2OC)CC1. The maximum Gasteiger partial charge on any atom is 0.218 e. The molecule has 1 aliphatic heterocycles. The van der Waals surface area contributed by atoms with Crippen molar-refractivity contribution in [3.05, 3.63) is 83.6 Å². The number of benzene rings is 3. The molecule has 5 rings (SSSR count). The van der Waals surface area contributed by atoms with Crippen LogP contribution in [-0.4, -0.2) is 64.0 Å². The van der Waals surface area contributed by atoms with Gasteiger partial charge in [-0.2, -0.15) is 0 Å². The Labute approximate surface area is 230 Å². The number of fused-ring (bicyclic) bond motifs is 1. The minimum atomic E-state index is 0.565. The van der Waals surface area contributed by atoms with Crippen LogP contribution in [0.3, 0.4) is 0 Å². The molecule has 0 unspecified atom stereocenters. The predicted octanol–water partition coefficient (Wildman–Crippen LogP) is 5.57. The lowest BCUT2D eigenvalue weighted by Gasteiger charge is -2.37. The summed E-state index contributed by atoms with van der Waals surface area (Å²) in [7, 11) is 5.04. The molecule has 0 N–H and O–H groups in total. The smallest absolute Gasteiger partial charge is 0.218 e. The zero-order valence-corrected chi connectivity index (χ0v) is 23.3. The Morgan fingerprint density at radius 1 is 0.744 bits per heavy atom. The molecule has 3 aromatic carbocycles. The van der Waals surface area contributed by atoms with Crippen molar-refractivity contribution in [1.82, 2.24) is 9.88 Å². The molecular formula is C32H37N3O4. The van der Waals surface area contributed by atoms with Crippen molar-refractivity contribution in [2.45, 2.75) is 19.9 Å². The van der Waals surface area contributed by atoms with E-state index in [-0.39, 0.29) is 0 Å². The van der Waals surface area contributed by atoms with Gasteiger partial charge in [-0.1, -0.05) is 42.5 Å². The summed E-state index contributed by atoms with van der Waals surface area (Å²) in [5.74, 6) is 3.08. The van der Waals surface area contributed by atoms with Gasteiger partial charge in [-0.3, -0.25) is 4.90 Å². The summed E-state index contributed by atoms with van der Waals surface area (Å²) >= 11 is 0. The average molecular weight is 528 g/mol. The maximum absolute atomic E-state index is 6.16. The van der Waals surface area contributed by atoms with Crippen LogP contribution in [0.2, 0.25) is 0 Å². The monoisotopic (exact) mass is 527 g/mol. The van der Waals surface area contributed by atoms with Crippen molar-refractivity contribution >= 4 is 16.5 Å². The van der Waals surface area contributed by atoms with Crippen molar-refractivity contribution in [1.29, 1.82) is 0 Å². The van der Waals surface area contributed by atoms with E-state index in [1.54, 1.807) is 21.3 Å². The topological polar surface area (TPSA) is 56.3 Å². The van der Waals surface area contributed by atoms with Gasteiger partial charge in [0.2, 0.25) is 5.88 Å². The van der Waals surface area contributed by atoms with E-state index >= 15 is 0 Å². The minimum Gasteiger partial charge on any atom is -0.495 e. The van der Waals surface area contributed by atoms with Crippen molar-refractivity contribution in [3.8, 4) is 23.1 Å². The molecule has 1 saturated heterocycles. The molecule has 7 heteroatoms. The Kier molecular flexibility index (Phi) is 8.37. The van der Waals surface area contributed by atoms with E-state index in [0.29, 0.717) is 18.8 Å². The third-order valence-corrected chi connectivity index (χ3v) is 7.34.